The van der Waals surface area contributed by atoms with Gasteiger partial charge in [0.05, 0.1) is 35.1 Å². The van der Waals surface area contributed by atoms with Crippen molar-refractivity contribution in [3.05, 3.63) is 47.8 Å². The average molecular weight is 557 g/mol. The summed E-state index contributed by atoms with van der Waals surface area (Å²) in [4.78, 5) is 23.3. The maximum Gasteiger partial charge on any atom is 0.258 e. The Hall–Kier alpha value is -3.92. The highest BCUT2D eigenvalue weighted by molar-refractivity contribution is 6.05. The second-order valence-corrected chi connectivity index (χ2v) is 11.4. The van der Waals surface area contributed by atoms with Gasteiger partial charge in [-0.25, -0.2) is 9.67 Å². The molecule has 3 aromatic heterocycles. The number of ether oxygens (including phenoxy) is 1. The van der Waals surface area contributed by atoms with Crippen molar-refractivity contribution in [2.45, 2.75) is 52.0 Å². The quantitative estimate of drug-likeness (QED) is 0.275. The number of fused-ring (bicyclic) bond motifs is 7. The van der Waals surface area contributed by atoms with Gasteiger partial charge in [-0.3, -0.25) is 15.1 Å². The second kappa shape index (κ2) is 11.9. The number of nitrogens with zero attached hydrogens (tertiary/aromatic N) is 5. The monoisotopic (exact) mass is 556 g/mol. The lowest BCUT2D eigenvalue weighted by Gasteiger charge is -2.19. The van der Waals surface area contributed by atoms with Gasteiger partial charge in [0.2, 0.25) is 11.8 Å². The van der Waals surface area contributed by atoms with Gasteiger partial charge in [-0.2, -0.15) is 5.10 Å². The van der Waals surface area contributed by atoms with E-state index in [0.29, 0.717) is 41.5 Å². The lowest BCUT2D eigenvalue weighted by Crippen LogP contribution is -2.20. The third-order valence-electron chi connectivity index (χ3n) is 8.20. The molecule has 3 N–H and O–H groups in total. The first kappa shape index (κ1) is 27.3. The molecule has 1 atom stereocenters. The first-order valence-electron chi connectivity index (χ1n) is 14.8. The zero-order chi connectivity index (χ0) is 28.3. The lowest BCUT2D eigenvalue weighted by molar-refractivity contribution is 0.102. The van der Waals surface area contributed by atoms with E-state index in [1.807, 2.05) is 33.2 Å². The standard InChI is InChI=1S/C31H40N8O2/c1-20-15-23-16-26(35-20)25-18-34-38(3)30(25)41-14-6-7-22(21-8-9-21)19-39-28-11-10-24(33-13-5-4-12-32-2)17-27(28)36-31(39)37-29(23)40/h10-11,15-18,21-22,32-33H,4-9,12-14,19H2,1-3H3,(H,36,37,40). The molecule has 4 aromatic rings. The molecule has 1 fully saturated rings. The van der Waals surface area contributed by atoms with Crippen molar-refractivity contribution < 1.29 is 9.53 Å². The molecular weight excluding hydrogens is 516 g/mol. The molecule has 41 heavy (non-hydrogen) atoms. The third-order valence-corrected chi connectivity index (χ3v) is 8.20. The summed E-state index contributed by atoms with van der Waals surface area (Å²) < 4.78 is 10.2. The molecule has 2 aliphatic rings. The van der Waals surface area contributed by atoms with Crippen molar-refractivity contribution in [2.75, 3.05) is 37.4 Å². The summed E-state index contributed by atoms with van der Waals surface area (Å²) in [5, 5.41) is 14.3. The van der Waals surface area contributed by atoms with Gasteiger partial charge in [-0.05, 0) is 101 Å². The summed E-state index contributed by atoms with van der Waals surface area (Å²) in [5.41, 5.74) is 5.70. The summed E-state index contributed by atoms with van der Waals surface area (Å²) in [7, 11) is 3.86. The summed E-state index contributed by atoms with van der Waals surface area (Å²) in [6, 6.07) is 9.96. The van der Waals surface area contributed by atoms with Crippen molar-refractivity contribution in [2.24, 2.45) is 18.9 Å². The maximum absolute atomic E-state index is 13.7. The molecule has 10 heteroatoms. The summed E-state index contributed by atoms with van der Waals surface area (Å²) in [6.07, 6.45) is 8.47. The number of benzene rings is 1. The van der Waals surface area contributed by atoms with Crippen molar-refractivity contribution >= 4 is 28.6 Å². The van der Waals surface area contributed by atoms with Crippen LogP contribution in [-0.2, 0) is 13.6 Å². The van der Waals surface area contributed by atoms with E-state index in [2.05, 4.69) is 43.8 Å². The zero-order valence-corrected chi connectivity index (χ0v) is 24.2. The Morgan fingerprint density at radius 3 is 2.76 bits per heavy atom. The maximum atomic E-state index is 13.7. The molecule has 1 saturated carbocycles. The van der Waals surface area contributed by atoms with Crippen LogP contribution in [0.4, 0.5) is 11.6 Å². The van der Waals surface area contributed by atoms with Crippen LogP contribution >= 0.6 is 0 Å². The van der Waals surface area contributed by atoms with Crippen LogP contribution in [0.2, 0.25) is 0 Å². The van der Waals surface area contributed by atoms with Crippen LogP contribution in [0.1, 0.15) is 54.6 Å². The minimum Gasteiger partial charge on any atom is -0.477 e. The molecular formula is C31H40N8O2. The van der Waals surface area contributed by atoms with Gasteiger partial charge in [0.1, 0.15) is 0 Å². The molecule has 1 aliphatic carbocycles. The molecule has 0 spiro atoms. The van der Waals surface area contributed by atoms with Crippen molar-refractivity contribution in [3.63, 3.8) is 0 Å². The predicted octanol–water partition coefficient (Wildman–Crippen LogP) is 5.00. The number of anilines is 2. The topological polar surface area (TPSA) is 111 Å². The van der Waals surface area contributed by atoms with Crippen LogP contribution in [0.5, 0.6) is 5.88 Å². The number of aromatic nitrogens is 5. The smallest absolute Gasteiger partial charge is 0.258 e. The van der Waals surface area contributed by atoms with Crippen LogP contribution in [0.15, 0.2) is 36.5 Å². The number of carbonyl (C=O) groups excluding carboxylic acids is 1. The Balaban J connectivity index is 1.36. The van der Waals surface area contributed by atoms with Crippen molar-refractivity contribution in [1.82, 2.24) is 29.6 Å². The molecule has 10 nitrogen and oxygen atoms in total. The van der Waals surface area contributed by atoms with Crippen LogP contribution in [0, 0.1) is 18.8 Å². The fourth-order valence-corrected chi connectivity index (χ4v) is 5.86. The molecule has 1 aromatic carbocycles. The number of imidazole rings is 1. The number of aryl methyl sites for hydroxylation is 2. The highest BCUT2D eigenvalue weighted by Crippen LogP contribution is 2.41. The highest BCUT2D eigenvalue weighted by Gasteiger charge is 2.32. The first-order valence-corrected chi connectivity index (χ1v) is 14.8. The third kappa shape index (κ3) is 6.07. The van der Waals surface area contributed by atoms with Crippen molar-refractivity contribution in [3.8, 4) is 17.1 Å². The molecule has 0 saturated heterocycles. The number of pyridine rings is 1. The number of nitrogens with one attached hydrogen (secondary N) is 3. The SMILES string of the molecule is CNCCCCNc1ccc2c(c1)nc1n2CC(C2CC2)CCCOc2c(cnn2C)-c2cc(cc(C)n2)C(=O)N1. The lowest BCUT2D eigenvalue weighted by atomic mass is 9.97. The van der Waals surface area contributed by atoms with E-state index in [1.54, 1.807) is 10.9 Å². The first-order chi connectivity index (χ1) is 20.0. The zero-order valence-electron chi connectivity index (χ0n) is 24.2. The predicted molar refractivity (Wildman–Crippen MR) is 161 cm³/mol. The Morgan fingerprint density at radius 2 is 1.93 bits per heavy atom. The fraction of sp³-hybridized carbons (Fsp3) is 0.484. The average Bonchev–Trinajstić information content (AvgIpc) is 3.66. The van der Waals surface area contributed by atoms with Crippen LogP contribution in [0.25, 0.3) is 22.3 Å². The highest BCUT2D eigenvalue weighted by atomic mass is 16.5. The molecule has 2 bridgehead atoms. The van der Waals surface area contributed by atoms with Gasteiger partial charge in [0, 0.05) is 37.1 Å². The van der Waals surface area contributed by atoms with E-state index >= 15 is 0 Å². The second-order valence-electron chi connectivity index (χ2n) is 11.4. The van der Waals surface area contributed by atoms with E-state index < -0.39 is 0 Å². The van der Waals surface area contributed by atoms with Gasteiger partial charge < -0.3 is 19.9 Å². The number of hydrogen-bond donors (Lipinski definition) is 3. The van der Waals surface area contributed by atoms with E-state index in [0.717, 1.165) is 73.3 Å². The fourth-order valence-electron chi connectivity index (χ4n) is 5.86. The molecule has 6 rings (SSSR count). The largest absolute Gasteiger partial charge is 0.477 e. The van der Waals surface area contributed by atoms with Gasteiger partial charge in [-0.15, -0.1) is 0 Å². The minimum absolute atomic E-state index is 0.208. The Labute approximate surface area is 240 Å². The van der Waals surface area contributed by atoms with Crippen LogP contribution < -0.4 is 20.7 Å². The Kier molecular flexibility index (Phi) is 7.91. The number of carbonyl (C=O) groups is 1. The summed E-state index contributed by atoms with van der Waals surface area (Å²) >= 11 is 0. The summed E-state index contributed by atoms with van der Waals surface area (Å²) in [5.74, 6) is 2.24. The van der Waals surface area contributed by atoms with E-state index in [4.69, 9.17) is 14.7 Å². The molecule has 1 unspecified atom stereocenters. The van der Waals surface area contributed by atoms with E-state index in [1.165, 1.54) is 12.8 Å². The van der Waals surface area contributed by atoms with Gasteiger partial charge in [0.25, 0.3) is 5.91 Å². The Morgan fingerprint density at radius 1 is 1.07 bits per heavy atom. The number of amides is 1. The van der Waals surface area contributed by atoms with Crippen molar-refractivity contribution in [1.29, 1.82) is 0 Å². The number of rotatable bonds is 7. The molecule has 1 amide bonds. The van der Waals surface area contributed by atoms with Gasteiger partial charge in [0.15, 0.2) is 0 Å². The number of hydrogen-bond acceptors (Lipinski definition) is 7. The Bertz CT molecular complexity index is 1540. The molecule has 216 valence electrons. The number of unbranched alkanes of at least 4 members (excludes halogenated alkanes) is 1. The van der Waals surface area contributed by atoms with E-state index in [-0.39, 0.29) is 5.91 Å². The van der Waals surface area contributed by atoms with E-state index in [9.17, 15) is 4.79 Å². The van der Waals surface area contributed by atoms with Gasteiger partial charge >= 0.3 is 0 Å². The van der Waals surface area contributed by atoms with Crippen LogP contribution in [-0.4, -0.2) is 57.0 Å². The molecule has 4 heterocycles. The summed E-state index contributed by atoms with van der Waals surface area (Å²) in [6.45, 7) is 5.24. The normalized spacial score (nSPS) is 17.6. The molecule has 1 aliphatic heterocycles. The van der Waals surface area contributed by atoms with Gasteiger partial charge in [-0.1, -0.05) is 0 Å². The minimum atomic E-state index is -0.208. The van der Waals surface area contributed by atoms with Crippen LogP contribution in [0.3, 0.4) is 0 Å². The molecule has 0 radical (unpaired) electrons.